The zero-order valence-electron chi connectivity index (χ0n) is 17.8. The topological polar surface area (TPSA) is 71.5 Å². The van der Waals surface area contributed by atoms with Gasteiger partial charge in [0.25, 0.3) is 0 Å². The summed E-state index contributed by atoms with van der Waals surface area (Å²) in [6, 6.07) is 13.2. The fourth-order valence-corrected chi connectivity index (χ4v) is 4.10. The van der Waals surface area contributed by atoms with E-state index in [2.05, 4.69) is 10.3 Å². The Kier molecular flexibility index (Phi) is 5.22. The highest BCUT2D eigenvalue weighted by Crippen LogP contribution is 2.49. The largest absolute Gasteiger partial charge is 0.433 e. The third-order valence-electron chi connectivity index (χ3n) is 6.40. The highest BCUT2D eigenvalue weighted by molar-refractivity contribution is 6.00. The molecule has 5 rings (SSSR count). The summed E-state index contributed by atoms with van der Waals surface area (Å²) >= 11 is 0. The summed E-state index contributed by atoms with van der Waals surface area (Å²) in [5.74, 6) is -0.717. The van der Waals surface area contributed by atoms with E-state index in [-0.39, 0.29) is 24.7 Å². The van der Waals surface area contributed by atoms with Crippen molar-refractivity contribution in [3.8, 4) is 11.1 Å². The Bertz CT molecular complexity index is 1230. The Hall–Kier alpha value is -3.30. The summed E-state index contributed by atoms with van der Waals surface area (Å²) in [6.07, 6.45) is -2.73. The van der Waals surface area contributed by atoms with Crippen LogP contribution in [0.1, 0.15) is 29.7 Å². The van der Waals surface area contributed by atoms with Gasteiger partial charge in [-0.1, -0.05) is 24.3 Å². The molecule has 1 aliphatic carbocycles. The first kappa shape index (κ1) is 22.5. The van der Waals surface area contributed by atoms with Crippen LogP contribution in [0.25, 0.3) is 11.1 Å². The van der Waals surface area contributed by atoms with Gasteiger partial charge < -0.3 is 15.2 Å². The van der Waals surface area contributed by atoms with Crippen molar-refractivity contribution in [2.24, 2.45) is 0 Å². The predicted molar refractivity (Wildman–Crippen MR) is 115 cm³/mol. The summed E-state index contributed by atoms with van der Waals surface area (Å²) in [7, 11) is 0. The number of ether oxygens (including phenoxy) is 1. The van der Waals surface area contributed by atoms with Crippen LogP contribution in [-0.2, 0) is 26.7 Å². The SMILES string of the molecule is O=C(Nc1ccc(F)cc1)C1(c2ccc(-c3cnc(C(F)(F)F)cc3C3(O)CC3)cc2)COC1. The number of rotatable bonds is 5. The average Bonchev–Trinajstić information content (AvgIpc) is 3.52. The van der Waals surface area contributed by atoms with Gasteiger partial charge in [0.2, 0.25) is 5.91 Å². The third kappa shape index (κ3) is 3.95. The molecule has 2 aliphatic rings. The van der Waals surface area contributed by atoms with E-state index in [0.29, 0.717) is 35.2 Å². The molecule has 1 aliphatic heterocycles. The fourth-order valence-electron chi connectivity index (χ4n) is 4.10. The van der Waals surface area contributed by atoms with E-state index in [1.54, 1.807) is 24.3 Å². The van der Waals surface area contributed by atoms with Crippen LogP contribution in [0.2, 0.25) is 0 Å². The molecule has 2 aromatic carbocycles. The van der Waals surface area contributed by atoms with E-state index in [0.717, 1.165) is 12.3 Å². The molecular formula is C25H20F4N2O3. The van der Waals surface area contributed by atoms with Crippen LogP contribution in [0.5, 0.6) is 0 Å². The van der Waals surface area contributed by atoms with Gasteiger partial charge in [-0.15, -0.1) is 0 Å². The molecule has 0 unspecified atom stereocenters. The van der Waals surface area contributed by atoms with Crippen LogP contribution in [-0.4, -0.2) is 29.2 Å². The number of carbonyl (C=O) groups is 1. The molecule has 1 saturated carbocycles. The van der Waals surface area contributed by atoms with E-state index in [1.165, 1.54) is 24.3 Å². The lowest BCUT2D eigenvalue weighted by Crippen LogP contribution is -2.55. The monoisotopic (exact) mass is 472 g/mol. The van der Waals surface area contributed by atoms with Crippen LogP contribution in [0.15, 0.2) is 60.8 Å². The first-order valence-corrected chi connectivity index (χ1v) is 10.7. The number of alkyl halides is 3. The second-order valence-electron chi connectivity index (χ2n) is 8.76. The van der Waals surface area contributed by atoms with E-state index in [9.17, 15) is 27.5 Å². The van der Waals surface area contributed by atoms with Crippen molar-refractivity contribution in [1.29, 1.82) is 0 Å². The molecule has 0 spiro atoms. The highest BCUT2D eigenvalue weighted by atomic mass is 19.4. The summed E-state index contributed by atoms with van der Waals surface area (Å²) in [6.45, 7) is 0.318. The molecule has 0 atom stereocenters. The maximum absolute atomic E-state index is 13.2. The molecule has 1 aromatic heterocycles. The number of carbonyl (C=O) groups excluding carboxylic acids is 1. The Morgan fingerprint density at radius 3 is 2.21 bits per heavy atom. The second kappa shape index (κ2) is 7.89. The first-order valence-electron chi connectivity index (χ1n) is 10.7. The Balaban J connectivity index is 1.44. The summed E-state index contributed by atoms with van der Waals surface area (Å²) in [5.41, 5.74) is -0.979. The zero-order valence-corrected chi connectivity index (χ0v) is 17.8. The second-order valence-corrected chi connectivity index (χ2v) is 8.76. The predicted octanol–water partition coefficient (Wildman–Crippen LogP) is 4.79. The zero-order chi connectivity index (χ0) is 24.1. The highest BCUT2D eigenvalue weighted by Gasteiger charge is 2.48. The van der Waals surface area contributed by atoms with E-state index in [4.69, 9.17) is 4.74 Å². The van der Waals surface area contributed by atoms with Gasteiger partial charge in [0, 0.05) is 17.4 Å². The van der Waals surface area contributed by atoms with Gasteiger partial charge >= 0.3 is 6.18 Å². The Labute approximate surface area is 192 Å². The number of hydrogen-bond donors (Lipinski definition) is 2. The van der Waals surface area contributed by atoms with Crippen molar-refractivity contribution in [1.82, 2.24) is 4.98 Å². The van der Waals surface area contributed by atoms with Gasteiger partial charge in [-0.25, -0.2) is 4.39 Å². The molecule has 5 nitrogen and oxygen atoms in total. The maximum Gasteiger partial charge on any atom is 0.433 e. The standard InChI is InChI=1S/C25H20F4N2O3/c26-17-5-7-18(8-6-17)31-22(32)23(13-34-14-23)16-3-1-15(2-4-16)19-12-30-21(25(27,28)29)11-20(19)24(33)9-10-24/h1-8,11-12,33H,9-10,13-14H2,(H,31,32). The minimum absolute atomic E-state index is 0.159. The maximum atomic E-state index is 13.2. The molecule has 176 valence electrons. The van der Waals surface area contributed by atoms with Crippen molar-refractivity contribution in [3.63, 3.8) is 0 Å². The van der Waals surface area contributed by atoms with Gasteiger partial charge in [0.05, 0.1) is 18.8 Å². The number of pyridine rings is 1. The third-order valence-corrected chi connectivity index (χ3v) is 6.40. The Morgan fingerprint density at radius 2 is 1.68 bits per heavy atom. The summed E-state index contributed by atoms with van der Waals surface area (Å²) < 4.78 is 58.0. The molecule has 0 radical (unpaired) electrons. The number of hydrogen-bond acceptors (Lipinski definition) is 4. The van der Waals surface area contributed by atoms with Crippen molar-refractivity contribution in [3.05, 3.63) is 83.4 Å². The average molecular weight is 472 g/mol. The van der Waals surface area contributed by atoms with Gasteiger partial charge in [0.15, 0.2) is 0 Å². The number of halogens is 4. The van der Waals surface area contributed by atoms with Crippen LogP contribution in [0.4, 0.5) is 23.2 Å². The minimum atomic E-state index is -4.61. The van der Waals surface area contributed by atoms with Crippen molar-refractivity contribution >= 4 is 11.6 Å². The van der Waals surface area contributed by atoms with Crippen molar-refractivity contribution in [2.45, 2.75) is 30.0 Å². The van der Waals surface area contributed by atoms with Crippen LogP contribution < -0.4 is 5.32 Å². The van der Waals surface area contributed by atoms with Crippen molar-refractivity contribution < 1.29 is 32.2 Å². The molecule has 9 heteroatoms. The normalized spacial score (nSPS) is 18.1. The van der Waals surface area contributed by atoms with Crippen LogP contribution in [0.3, 0.4) is 0 Å². The van der Waals surface area contributed by atoms with Gasteiger partial charge in [0.1, 0.15) is 16.9 Å². The minimum Gasteiger partial charge on any atom is -0.385 e. The fraction of sp³-hybridized carbons (Fsp3) is 0.280. The molecule has 0 bridgehead atoms. The molecular weight excluding hydrogens is 452 g/mol. The van der Waals surface area contributed by atoms with Crippen LogP contribution >= 0.6 is 0 Å². The van der Waals surface area contributed by atoms with E-state index >= 15 is 0 Å². The lowest BCUT2D eigenvalue weighted by Gasteiger charge is -2.40. The van der Waals surface area contributed by atoms with E-state index in [1.807, 2.05) is 0 Å². The van der Waals surface area contributed by atoms with E-state index < -0.39 is 28.7 Å². The number of aliphatic hydroxyl groups is 1. The number of amides is 1. The van der Waals surface area contributed by atoms with Gasteiger partial charge in [-0.05, 0) is 59.9 Å². The van der Waals surface area contributed by atoms with Crippen LogP contribution in [0, 0.1) is 5.82 Å². The van der Waals surface area contributed by atoms with Crippen molar-refractivity contribution in [2.75, 3.05) is 18.5 Å². The number of nitrogens with zero attached hydrogens (tertiary/aromatic N) is 1. The number of anilines is 1. The molecule has 3 aromatic rings. The quantitative estimate of drug-likeness (QED) is 0.524. The Morgan fingerprint density at radius 1 is 1.03 bits per heavy atom. The van der Waals surface area contributed by atoms with Gasteiger partial charge in [-0.3, -0.25) is 9.78 Å². The molecule has 2 heterocycles. The smallest absolute Gasteiger partial charge is 0.385 e. The molecule has 2 N–H and O–H groups in total. The summed E-state index contributed by atoms with van der Waals surface area (Å²) in [4.78, 5) is 16.6. The summed E-state index contributed by atoms with van der Waals surface area (Å²) in [5, 5.41) is 13.4. The number of aromatic nitrogens is 1. The molecule has 1 saturated heterocycles. The molecule has 34 heavy (non-hydrogen) atoms. The lowest BCUT2D eigenvalue weighted by molar-refractivity contribution is -0.141. The number of nitrogens with one attached hydrogen (secondary N) is 1. The molecule has 2 fully saturated rings. The lowest BCUT2D eigenvalue weighted by atomic mass is 9.77. The first-order chi connectivity index (χ1) is 16.1. The number of benzene rings is 2. The van der Waals surface area contributed by atoms with Gasteiger partial charge in [-0.2, -0.15) is 13.2 Å². The molecule has 1 amide bonds.